The molecule has 120 valence electrons. The van der Waals surface area contributed by atoms with Gasteiger partial charge < -0.3 is 9.84 Å². The van der Waals surface area contributed by atoms with Gasteiger partial charge in [0.05, 0.1) is 17.0 Å². The molecule has 0 aromatic carbocycles. The molecular formula is C12H18BrNO5S2. The average Bonchev–Trinajstić information content (AvgIpc) is 2.78. The molecule has 0 radical (unpaired) electrons. The molecule has 0 saturated carbocycles. The summed E-state index contributed by atoms with van der Waals surface area (Å²) in [5, 5.41) is 9.72. The third-order valence-electron chi connectivity index (χ3n) is 2.58. The Balaban J connectivity index is 2.83. The monoisotopic (exact) mass is 399 g/mol. The molecule has 0 aliphatic heterocycles. The van der Waals surface area contributed by atoms with Gasteiger partial charge in [-0.2, -0.15) is 0 Å². The second kappa shape index (κ2) is 7.68. The average molecular weight is 400 g/mol. The first kappa shape index (κ1) is 18.6. The van der Waals surface area contributed by atoms with E-state index in [1.54, 1.807) is 0 Å². The van der Waals surface area contributed by atoms with Crippen LogP contribution < -0.4 is 4.72 Å². The Morgan fingerprint density at radius 3 is 2.67 bits per heavy atom. The third kappa shape index (κ3) is 5.33. The van der Waals surface area contributed by atoms with Crippen molar-refractivity contribution in [1.29, 1.82) is 0 Å². The molecule has 1 aromatic heterocycles. The first-order valence-corrected chi connectivity index (χ1v) is 9.32. The van der Waals surface area contributed by atoms with E-state index >= 15 is 0 Å². The summed E-state index contributed by atoms with van der Waals surface area (Å²) in [6.45, 7) is 3.81. The normalized spacial score (nSPS) is 13.4. The summed E-state index contributed by atoms with van der Waals surface area (Å²) in [7, 11) is -2.57. The minimum atomic E-state index is -3.80. The fourth-order valence-corrected chi connectivity index (χ4v) is 5.20. The summed E-state index contributed by atoms with van der Waals surface area (Å²) < 4.78 is 31.5. The highest BCUT2D eigenvalue weighted by molar-refractivity contribution is 9.11. The van der Waals surface area contributed by atoms with E-state index in [9.17, 15) is 18.3 Å². The maximum absolute atomic E-state index is 12.2. The fourth-order valence-electron chi connectivity index (χ4n) is 1.65. The topological polar surface area (TPSA) is 92.7 Å². The van der Waals surface area contributed by atoms with E-state index in [1.807, 2.05) is 13.8 Å². The molecule has 9 heteroatoms. The Kier molecular flexibility index (Phi) is 6.79. The second-order valence-electron chi connectivity index (χ2n) is 4.88. The van der Waals surface area contributed by atoms with E-state index in [4.69, 9.17) is 0 Å². The van der Waals surface area contributed by atoms with Crippen LogP contribution in [0, 0.1) is 5.92 Å². The van der Waals surface area contributed by atoms with Crippen LogP contribution in [0.3, 0.4) is 0 Å². The number of thiophene rings is 1. The quantitative estimate of drug-likeness (QED) is 0.683. The Bertz CT molecular complexity index is 597. The van der Waals surface area contributed by atoms with E-state index in [1.165, 1.54) is 13.2 Å². The van der Waals surface area contributed by atoms with E-state index in [0.29, 0.717) is 10.2 Å². The molecule has 1 aromatic rings. The highest BCUT2D eigenvalue weighted by Gasteiger charge is 2.24. The molecule has 1 unspecified atom stereocenters. The van der Waals surface area contributed by atoms with Crippen LogP contribution >= 0.6 is 27.3 Å². The molecular weight excluding hydrogens is 382 g/mol. The number of sulfonamides is 1. The predicted molar refractivity (Wildman–Crippen MR) is 84.0 cm³/mol. The van der Waals surface area contributed by atoms with Gasteiger partial charge in [0.15, 0.2) is 0 Å². The predicted octanol–water partition coefficient (Wildman–Crippen LogP) is 1.98. The largest absolute Gasteiger partial charge is 0.465 e. The number of nitrogens with one attached hydrogen (secondary N) is 1. The maximum atomic E-state index is 12.2. The first-order valence-electron chi connectivity index (χ1n) is 6.22. The van der Waals surface area contributed by atoms with Crippen LogP contribution in [0.1, 0.15) is 29.9 Å². The molecule has 0 amide bonds. The fraction of sp³-hybridized carbons (Fsp3) is 0.583. The van der Waals surface area contributed by atoms with Gasteiger partial charge in [0.2, 0.25) is 10.0 Å². The van der Waals surface area contributed by atoms with Crippen LogP contribution in [0.4, 0.5) is 0 Å². The van der Waals surface area contributed by atoms with Crippen molar-refractivity contribution in [2.75, 3.05) is 13.7 Å². The van der Waals surface area contributed by atoms with Crippen molar-refractivity contribution in [1.82, 2.24) is 4.72 Å². The molecule has 6 nitrogen and oxygen atoms in total. The number of hydrogen-bond acceptors (Lipinski definition) is 6. The van der Waals surface area contributed by atoms with Gasteiger partial charge in [0.25, 0.3) is 0 Å². The standard InChI is InChI=1S/C12H18BrNO5S2/c1-7(2)4-8(15)6-14-21(17,18)10-5-9(12(16)19-3)20-11(10)13/h5,7-8,14-15H,4,6H2,1-3H3. The van der Waals surface area contributed by atoms with Gasteiger partial charge in [-0.25, -0.2) is 17.9 Å². The SMILES string of the molecule is COC(=O)c1cc(S(=O)(=O)NCC(O)CC(C)C)c(Br)s1. The third-order valence-corrected chi connectivity index (χ3v) is 6.24. The number of carbonyl (C=O) groups is 1. The number of ether oxygens (including phenoxy) is 1. The highest BCUT2D eigenvalue weighted by Crippen LogP contribution is 2.32. The van der Waals surface area contributed by atoms with Gasteiger partial charge in [-0.05, 0) is 34.3 Å². The summed E-state index contributed by atoms with van der Waals surface area (Å²) in [5.74, 6) is -0.328. The van der Waals surface area contributed by atoms with Crippen molar-refractivity contribution < 1.29 is 23.1 Å². The Morgan fingerprint density at radius 2 is 2.14 bits per heavy atom. The molecule has 0 aliphatic carbocycles. The number of carbonyl (C=O) groups excluding carboxylic acids is 1. The van der Waals surface area contributed by atoms with Gasteiger partial charge >= 0.3 is 5.97 Å². The van der Waals surface area contributed by atoms with Gasteiger partial charge in [0, 0.05) is 6.54 Å². The lowest BCUT2D eigenvalue weighted by Gasteiger charge is -2.13. The zero-order chi connectivity index (χ0) is 16.2. The molecule has 0 fully saturated rings. The summed E-state index contributed by atoms with van der Waals surface area (Å²) in [5.41, 5.74) is 0. The Labute approximate surface area is 136 Å². The van der Waals surface area contributed by atoms with E-state index in [-0.39, 0.29) is 22.2 Å². The van der Waals surface area contributed by atoms with Gasteiger partial charge in [-0.3, -0.25) is 0 Å². The second-order valence-corrected chi connectivity index (χ2v) is 8.98. The van der Waals surface area contributed by atoms with Gasteiger partial charge in [-0.1, -0.05) is 13.8 Å². The maximum Gasteiger partial charge on any atom is 0.348 e. The van der Waals surface area contributed by atoms with Crippen molar-refractivity contribution in [3.63, 3.8) is 0 Å². The Morgan fingerprint density at radius 1 is 1.52 bits per heavy atom. The molecule has 21 heavy (non-hydrogen) atoms. The van der Waals surface area contributed by atoms with E-state index in [0.717, 1.165) is 11.3 Å². The molecule has 0 saturated heterocycles. The molecule has 0 aliphatic rings. The van der Waals surface area contributed by atoms with Gasteiger partial charge in [0.1, 0.15) is 9.77 Å². The lowest BCUT2D eigenvalue weighted by atomic mass is 10.1. The van der Waals surface area contributed by atoms with Crippen molar-refractivity contribution in [3.8, 4) is 0 Å². The zero-order valence-corrected chi connectivity index (χ0v) is 15.1. The molecule has 1 heterocycles. The minimum Gasteiger partial charge on any atom is -0.465 e. The van der Waals surface area contributed by atoms with Crippen LogP contribution in [0.5, 0.6) is 0 Å². The molecule has 0 bridgehead atoms. The number of rotatable bonds is 7. The molecule has 1 rings (SSSR count). The number of hydrogen-bond donors (Lipinski definition) is 2. The van der Waals surface area contributed by atoms with Crippen LogP contribution in [-0.4, -0.2) is 39.3 Å². The number of halogens is 1. The lowest BCUT2D eigenvalue weighted by Crippen LogP contribution is -2.32. The van der Waals surface area contributed by atoms with Crippen molar-refractivity contribution in [2.24, 2.45) is 5.92 Å². The first-order chi connectivity index (χ1) is 9.67. The summed E-state index contributed by atoms with van der Waals surface area (Å²) in [6.07, 6.45) is -0.252. The van der Waals surface area contributed by atoms with Crippen molar-refractivity contribution in [3.05, 3.63) is 14.7 Å². The highest BCUT2D eigenvalue weighted by atomic mass is 79.9. The number of esters is 1. The van der Waals surface area contributed by atoms with Gasteiger partial charge in [-0.15, -0.1) is 11.3 Å². The molecule has 1 atom stereocenters. The molecule has 0 spiro atoms. The minimum absolute atomic E-state index is 0.0374. The van der Waals surface area contributed by atoms with Crippen LogP contribution in [0.25, 0.3) is 0 Å². The van der Waals surface area contributed by atoms with E-state index < -0.39 is 22.1 Å². The van der Waals surface area contributed by atoms with Crippen molar-refractivity contribution >= 4 is 43.3 Å². The van der Waals surface area contributed by atoms with Crippen LogP contribution in [0.2, 0.25) is 0 Å². The number of aliphatic hydroxyl groups is 1. The summed E-state index contributed by atoms with van der Waals surface area (Å²) >= 11 is 4.11. The molecule has 2 N–H and O–H groups in total. The van der Waals surface area contributed by atoms with Crippen molar-refractivity contribution in [2.45, 2.75) is 31.3 Å². The van der Waals surface area contributed by atoms with E-state index in [2.05, 4.69) is 25.4 Å². The summed E-state index contributed by atoms with van der Waals surface area (Å²) in [6, 6.07) is 1.25. The smallest absolute Gasteiger partial charge is 0.348 e. The van der Waals surface area contributed by atoms with Crippen LogP contribution in [0.15, 0.2) is 14.7 Å². The number of methoxy groups -OCH3 is 1. The van der Waals surface area contributed by atoms with Crippen LogP contribution in [-0.2, 0) is 14.8 Å². The number of aliphatic hydroxyl groups excluding tert-OH is 1. The summed E-state index contributed by atoms with van der Waals surface area (Å²) in [4.78, 5) is 11.6. The zero-order valence-electron chi connectivity index (χ0n) is 11.9. The lowest BCUT2D eigenvalue weighted by molar-refractivity contribution is 0.0606. The Hall–Kier alpha value is -0.480.